The topological polar surface area (TPSA) is 173 Å². The van der Waals surface area contributed by atoms with Crippen LogP contribution in [0.3, 0.4) is 0 Å². The summed E-state index contributed by atoms with van der Waals surface area (Å²) in [5, 5.41) is 9.63. The number of nitrogens with zero attached hydrogens (tertiary/aromatic N) is 2. The first-order valence-corrected chi connectivity index (χ1v) is 20.4. The smallest absolute Gasteiger partial charge is 0.335 e. The fraction of sp³-hybridized carbons (Fsp3) is 0.444. The van der Waals surface area contributed by atoms with Crippen molar-refractivity contribution in [3.05, 3.63) is 76.8 Å². The van der Waals surface area contributed by atoms with Crippen molar-refractivity contribution in [3.8, 4) is 11.5 Å². The molecule has 0 unspecified atom stereocenters. The van der Waals surface area contributed by atoms with Gasteiger partial charge in [0.2, 0.25) is 25.9 Å². The molecule has 0 saturated heterocycles. The van der Waals surface area contributed by atoms with E-state index in [1.165, 1.54) is 31.5 Å². The molecule has 4 N–H and O–H groups in total. The number of carboxylic acid groups (broad SMARTS) is 1. The summed E-state index contributed by atoms with van der Waals surface area (Å²) in [5.41, 5.74) is 7.85. The first-order valence-electron chi connectivity index (χ1n) is 17.1. The second-order valence-electron chi connectivity index (χ2n) is 12.9. The Hall–Kier alpha value is -3.33. The zero-order chi connectivity index (χ0) is 35.9. The molecule has 0 amide bonds. The largest absolute Gasteiger partial charge is 0.478 e. The molecule has 11 nitrogen and oxygen atoms in total. The molecule has 50 heavy (non-hydrogen) atoms. The number of carboxylic acids is 1. The third kappa shape index (κ3) is 9.12. The van der Waals surface area contributed by atoms with Crippen molar-refractivity contribution in [2.24, 2.45) is 5.73 Å². The maximum atomic E-state index is 13.6. The first kappa shape index (κ1) is 37.9. The van der Waals surface area contributed by atoms with Gasteiger partial charge in [0.1, 0.15) is 5.52 Å². The van der Waals surface area contributed by atoms with E-state index in [0.29, 0.717) is 47.1 Å². The highest BCUT2D eigenvalue weighted by atomic mass is 35.5. The van der Waals surface area contributed by atoms with Gasteiger partial charge in [-0.2, -0.15) is 4.31 Å². The van der Waals surface area contributed by atoms with E-state index in [1.807, 2.05) is 0 Å². The van der Waals surface area contributed by atoms with Crippen molar-refractivity contribution >= 4 is 48.7 Å². The predicted octanol–water partition coefficient (Wildman–Crippen LogP) is 7.12. The Bertz CT molecular complexity index is 2010. The van der Waals surface area contributed by atoms with Gasteiger partial charge in [-0.3, -0.25) is 0 Å². The molecule has 1 aromatic heterocycles. The highest BCUT2D eigenvalue weighted by Crippen LogP contribution is 2.31. The van der Waals surface area contributed by atoms with Gasteiger partial charge in [-0.1, -0.05) is 62.3 Å². The van der Waals surface area contributed by atoms with E-state index in [0.717, 1.165) is 57.8 Å². The molecule has 1 heterocycles. The van der Waals surface area contributed by atoms with Crippen molar-refractivity contribution in [2.45, 2.75) is 99.4 Å². The number of rotatable bonds is 11. The lowest BCUT2D eigenvalue weighted by Gasteiger charge is -2.33. The summed E-state index contributed by atoms with van der Waals surface area (Å²) >= 11 is 6.03. The molecule has 6 rings (SSSR count). The van der Waals surface area contributed by atoms with Gasteiger partial charge in [-0.25, -0.2) is 31.3 Å². The minimum Gasteiger partial charge on any atom is -0.478 e. The standard InChI is InChI=1S/C22H26ClN3O3S.C14H19NO4S/c23-17-10-11-21-20(15-17)25-22(29-21)16-6-4-9-19(14-16)30(27,28)26(13-5-12-24)18-7-2-1-3-8-18;1-10-12(14(16)17)8-5-9-13(10)20(18,19)15-11-6-3-2-4-7-11/h4,6,9-11,14-15,18H,1-3,5,7-8,12-13,24H2;5,8-9,11,15H,2-4,6-7H2,1H3,(H,16,17). The van der Waals surface area contributed by atoms with Crippen LogP contribution in [0.1, 0.15) is 86.6 Å². The van der Waals surface area contributed by atoms with Crippen molar-refractivity contribution in [1.29, 1.82) is 0 Å². The van der Waals surface area contributed by atoms with Crippen LogP contribution in [0.15, 0.2) is 74.9 Å². The second kappa shape index (κ2) is 16.8. The maximum Gasteiger partial charge on any atom is 0.335 e. The monoisotopic (exact) mass is 744 g/mol. The van der Waals surface area contributed by atoms with Crippen LogP contribution in [0.5, 0.6) is 0 Å². The van der Waals surface area contributed by atoms with E-state index >= 15 is 0 Å². The lowest BCUT2D eigenvalue weighted by Crippen LogP contribution is -2.42. The quantitative estimate of drug-likeness (QED) is 0.144. The minimum absolute atomic E-state index is 0.0246. The van der Waals surface area contributed by atoms with Gasteiger partial charge in [0.05, 0.1) is 15.4 Å². The predicted molar refractivity (Wildman–Crippen MR) is 194 cm³/mol. The van der Waals surface area contributed by atoms with Crippen LogP contribution in [0, 0.1) is 6.92 Å². The van der Waals surface area contributed by atoms with Gasteiger partial charge in [-0.15, -0.1) is 0 Å². The Morgan fingerprint density at radius 1 is 0.960 bits per heavy atom. The Kier molecular flexibility index (Phi) is 12.7. The zero-order valence-corrected chi connectivity index (χ0v) is 30.6. The molecule has 14 heteroatoms. The minimum atomic E-state index is -3.66. The molecule has 2 saturated carbocycles. The number of aromatic nitrogens is 1. The van der Waals surface area contributed by atoms with Gasteiger partial charge >= 0.3 is 5.97 Å². The summed E-state index contributed by atoms with van der Waals surface area (Å²) in [6.07, 6.45) is 10.6. The van der Waals surface area contributed by atoms with E-state index in [2.05, 4.69) is 9.71 Å². The van der Waals surface area contributed by atoms with Crippen LogP contribution in [-0.4, -0.2) is 62.4 Å². The van der Waals surface area contributed by atoms with E-state index in [-0.39, 0.29) is 33.0 Å². The molecule has 2 aliphatic carbocycles. The second-order valence-corrected chi connectivity index (χ2v) is 16.9. The van der Waals surface area contributed by atoms with Crippen LogP contribution >= 0.6 is 11.6 Å². The molecular formula is C36H45ClN4O7S2. The van der Waals surface area contributed by atoms with Crippen LogP contribution in [0.2, 0.25) is 5.02 Å². The summed E-state index contributed by atoms with van der Waals surface area (Å²) in [6.45, 7) is 2.43. The number of carbonyl (C=O) groups is 1. The Morgan fingerprint density at radius 3 is 2.32 bits per heavy atom. The Balaban J connectivity index is 0.000000211. The number of fused-ring (bicyclic) bond motifs is 1. The average molecular weight is 745 g/mol. The SMILES string of the molecule is Cc1c(C(=O)O)cccc1S(=O)(=O)NC1CCCCC1.NCCCN(C1CCCCC1)S(=O)(=O)c1cccc(-c2nc3cc(Cl)ccc3o2)c1. The summed E-state index contributed by atoms with van der Waals surface area (Å²) in [7, 11) is -7.31. The van der Waals surface area contributed by atoms with E-state index < -0.39 is 26.0 Å². The normalized spacial score (nSPS) is 16.3. The molecule has 270 valence electrons. The molecule has 0 radical (unpaired) electrons. The summed E-state index contributed by atoms with van der Waals surface area (Å²) in [6, 6.07) is 16.3. The summed E-state index contributed by atoms with van der Waals surface area (Å²) < 4.78 is 62.1. The molecule has 0 atom stereocenters. The van der Waals surface area contributed by atoms with Crippen LogP contribution in [-0.2, 0) is 20.0 Å². The van der Waals surface area contributed by atoms with Gasteiger partial charge in [0.15, 0.2) is 5.58 Å². The van der Waals surface area contributed by atoms with Gasteiger partial charge in [-0.05, 0) is 99.7 Å². The van der Waals surface area contributed by atoms with Crippen molar-refractivity contribution in [3.63, 3.8) is 0 Å². The number of benzene rings is 3. The molecule has 3 aromatic carbocycles. The number of nitrogens with one attached hydrogen (secondary N) is 1. The maximum absolute atomic E-state index is 13.6. The number of sulfonamides is 2. The molecular weight excluding hydrogens is 700 g/mol. The summed E-state index contributed by atoms with van der Waals surface area (Å²) in [5.74, 6) is -0.743. The lowest BCUT2D eigenvalue weighted by atomic mass is 9.95. The zero-order valence-electron chi connectivity index (χ0n) is 28.2. The lowest BCUT2D eigenvalue weighted by molar-refractivity contribution is 0.0695. The van der Waals surface area contributed by atoms with E-state index in [4.69, 9.17) is 26.9 Å². The van der Waals surface area contributed by atoms with E-state index in [1.54, 1.807) is 46.8 Å². The highest BCUT2D eigenvalue weighted by Gasteiger charge is 2.32. The Labute approximate surface area is 299 Å². The number of nitrogens with two attached hydrogens (primary N) is 1. The van der Waals surface area contributed by atoms with Crippen LogP contribution in [0.25, 0.3) is 22.6 Å². The fourth-order valence-electron chi connectivity index (χ4n) is 6.70. The average Bonchev–Trinajstić information content (AvgIpc) is 3.53. The Morgan fingerprint density at radius 2 is 1.64 bits per heavy atom. The third-order valence-electron chi connectivity index (χ3n) is 9.33. The fourth-order valence-corrected chi connectivity index (χ4v) is 10.2. The number of hydrogen-bond donors (Lipinski definition) is 3. The molecule has 0 aliphatic heterocycles. The number of hydrogen-bond acceptors (Lipinski definition) is 8. The number of oxazole rings is 1. The van der Waals surface area contributed by atoms with Gasteiger partial charge in [0, 0.05) is 29.2 Å². The van der Waals surface area contributed by atoms with Crippen LogP contribution < -0.4 is 10.5 Å². The molecule has 2 fully saturated rings. The highest BCUT2D eigenvalue weighted by molar-refractivity contribution is 7.89. The van der Waals surface area contributed by atoms with Crippen molar-refractivity contribution in [1.82, 2.24) is 14.0 Å². The number of halogens is 1. The van der Waals surface area contributed by atoms with Crippen LogP contribution in [0.4, 0.5) is 0 Å². The molecule has 4 aromatic rings. The van der Waals surface area contributed by atoms with Gasteiger partial charge in [0.25, 0.3) is 0 Å². The molecule has 2 aliphatic rings. The van der Waals surface area contributed by atoms with E-state index in [9.17, 15) is 21.6 Å². The molecule has 0 spiro atoms. The van der Waals surface area contributed by atoms with Gasteiger partial charge < -0.3 is 15.3 Å². The first-order chi connectivity index (χ1) is 23.9. The van der Waals surface area contributed by atoms with Crippen molar-refractivity contribution < 1.29 is 31.2 Å². The molecule has 0 bridgehead atoms. The summed E-state index contributed by atoms with van der Waals surface area (Å²) in [4.78, 5) is 15.9. The number of aromatic carboxylic acids is 1. The third-order valence-corrected chi connectivity index (χ3v) is 13.2. The van der Waals surface area contributed by atoms with Crippen molar-refractivity contribution in [2.75, 3.05) is 13.1 Å².